The van der Waals surface area contributed by atoms with E-state index in [0.717, 1.165) is 59.7 Å². The van der Waals surface area contributed by atoms with Crippen LogP contribution in [-0.2, 0) is 16.4 Å². The van der Waals surface area contributed by atoms with Gasteiger partial charge in [-0.25, -0.2) is 0 Å². The summed E-state index contributed by atoms with van der Waals surface area (Å²) in [4.78, 5) is 0. The van der Waals surface area contributed by atoms with Crippen LogP contribution in [0.5, 0.6) is 0 Å². The second-order valence-corrected chi connectivity index (χ2v) is 17.2. The molecule has 272 valence electrons. The van der Waals surface area contributed by atoms with E-state index in [1.807, 2.05) is 36.4 Å². The summed E-state index contributed by atoms with van der Waals surface area (Å²) in [5.74, 6) is 1.69. The third kappa shape index (κ3) is 6.69. The van der Waals surface area contributed by atoms with Crippen molar-refractivity contribution in [2.24, 2.45) is 0 Å². The van der Waals surface area contributed by atoms with Crippen molar-refractivity contribution in [3.63, 3.8) is 0 Å². The van der Waals surface area contributed by atoms with Gasteiger partial charge in [-0.15, -0.1) is 10.2 Å². The average Bonchev–Trinajstić information content (AvgIpc) is 3.63. The zero-order valence-electron chi connectivity index (χ0n) is 32.5. The molecule has 8 aromatic rings. The average molecular weight is 710 g/mol. The zero-order chi connectivity index (χ0) is 37.7. The minimum atomic E-state index is -0.670. The highest BCUT2D eigenvalue weighted by atomic mass is 16.3. The Hall–Kier alpha value is -5.32. The van der Waals surface area contributed by atoms with Gasteiger partial charge in [-0.1, -0.05) is 182 Å². The molecule has 1 saturated carbocycles. The van der Waals surface area contributed by atoms with E-state index in [9.17, 15) is 5.11 Å². The van der Waals surface area contributed by atoms with E-state index >= 15 is 0 Å². The van der Waals surface area contributed by atoms with Gasteiger partial charge in [0.1, 0.15) is 0 Å². The fourth-order valence-electron chi connectivity index (χ4n) is 8.25. The normalized spacial score (nSPS) is 14.7. The highest BCUT2D eigenvalue weighted by Crippen LogP contribution is 2.44. The maximum absolute atomic E-state index is 11.4. The van der Waals surface area contributed by atoms with Crippen LogP contribution in [0, 0.1) is 0 Å². The molecule has 0 atom stereocenters. The first kappa shape index (κ1) is 35.7. The number of aliphatic hydroxyl groups is 1. The quantitative estimate of drug-likeness (QED) is 0.185. The molecule has 1 aromatic heterocycles. The summed E-state index contributed by atoms with van der Waals surface area (Å²) >= 11 is 0. The smallest absolute Gasteiger partial charge is 0.168 e. The summed E-state index contributed by atoms with van der Waals surface area (Å²) in [6, 6.07) is 47.2. The maximum Gasteiger partial charge on any atom is 0.168 e. The molecule has 0 amide bonds. The van der Waals surface area contributed by atoms with Gasteiger partial charge in [0.2, 0.25) is 0 Å². The molecule has 1 N–H and O–H groups in total. The third-order valence-corrected chi connectivity index (χ3v) is 11.4. The SMILES string of the molecule is CC(C)(C)c1cc2ccc3ccc(C4(O)CCCCC4)c4ccc(c1)c2c34.CC(C)(C)c1ccc(-c2nnc(-c3ccccc3)n2-c2ccccc2)cc1. The van der Waals surface area contributed by atoms with Gasteiger partial charge < -0.3 is 5.11 Å². The standard InChI is InChI=1S/C26H28O.C24H23N3/c1-25(2,3)20-15-18-8-7-17-10-12-22(26(27)13-5-4-6-14-26)21-11-9-19(16-20)23(18)24(17)21;1-24(2,3)20-16-14-19(15-17-20)23-26-25-22(18-10-6-4-7-11-18)27(23)21-12-8-5-9-13-21/h7-12,15-16,27H,4-6,13-14H2,1-3H3;4-17H,1-3H3. The van der Waals surface area contributed by atoms with Crippen molar-refractivity contribution in [1.82, 2.24) is 14.8 Å². The fourth-order valence-corrected chi connectivity index (χ4v) is 8.25. The van der Waals surface area contributed by atoms with E-state index in [0.29, 0.717) is 0 Å². The van der Waals surface area contributed by atoms with Crippen LogP contribution in [0.4, 0.5) is 0 Å². The number of hydrogen-bond acceptors (Lipinski definition) is 3. The number of nitrogens with zero attached hydrogens (tertiary/aromatic N) is 3. The first-order chi connectivity index (χ1) is 25.9. The second kappa shape index (κ2) is 13.8. The predicted molar refractivity (Wildman–Crippen MR) is 227 cm³/mol. The van der Waals surface area contributed by atoms with E-state index in [-0.39, 0.29) is 10.8 Å². The van der Waals surface area contributed by atoms with E-state index in [1.165, 1.54) is 49.9 Å². The highest BCUT2D eigenvalue weighted by molar-refractivity contribution is 6.23. The summed E-state index contributed by atoms with van der Waals surface area (Å²) in [7, 11) is 0. The van der Waals surface area contributed by atoms with Gasteiger partial charge in [-0.05, 0) is 84.8 Å². The molecule has 0 saturated heterocycles. The molecular weight excluding hydrogens is 659 g/mol. The molecule has 9 rings (SSSR count). The van der Waals surface area contributed by atoms with E-state index in [4.69, 9.17) is 0 Å². The van der Waals surface area contributed by atoms with Crippen molar-refractivity contribution < 1.29 is 5.11 Å². The number of aromatic nitrogens is 3. The van der Waals surface area contributed by atoms with Crippen molar-refractivity contribution in [2.75, 3.05) is 0 Å². The van der Waals surface area contributed by atoms with Crippen LogP contribution in [0.25, 0.3) is 60.8 Å². The number of para-hydroxylation sites is 1. The van der Waals surface area contributed by atoms with Crippen molar-refractivity contribution >= 4 is 32.3 Å². The number of rotatable bonds is 4. The molecule has 1 aliphatic carbocycles. The van der Waals surface area contributed by atoms with Crippen molar-refractivity contribution in [2.45, 2.75) is 90.1 Å². The van der Waals surface area contributed by atoms with Gasteiger partial charge in [0.25, 0.3) is 0 Å². The van der Waals surface area contributed by atoms with Crippen molar-refractivity contribution in [1.29, 1.82) is 0 Å². The van der Waals surface area contributed by atoms with Gasteiger partial charge in [0.05, 0.1) is 5.60 Å². The van der Waals surface area contributed by atoms with E-state index in [2.05, 4.69) is 153 Å². The van der Waals surface area contributed by atoms with Gasteiger partial charge >= 0.3 is 0 Å². The molecule has 54 heavy (non-hydrogen) atoms. The highest BCUT2D eigenvalue weighted by Gasteiger charge is 2.33. The third-order valence-electron chi connectivity index (χ3n) is 11.4. The Morgan fingerprint density at radius 2 is 1.04 bits per heavy atom. The Morgan fingerprint density at radius 3 is 1.63 bits per heavy atom. The summed E-state index contributed by atoms with van der Waals surface area (Å²) < 4.78 is 2.13. The second-order valence-electron chi connectivity index (χ2n) is 17.2. The number of hydrogen-bond donors (Lipinski definition) is 1. The zero-order valence-corrected chi connectivity index (χ0v) is 32.5. The molecule has 7 aromatic carbocycles. The summed E-state index contributed by atoms with van der Waals surface area (Å²) in [6.07, 6.45) is 5.24. The van der Waals surface area contributed by atoms with Gasteiger partial charge in [0.15, 0.2) is 11.6 Å². The molecule has 1 aliphatic rings. The lowest BCUT2D eigenvalue weighted by Crippen LogP contribution is -2.28. The summed E-state index contributed by atoms with van der Waals surface area (Å²) in [6.45, 7) is 13.5. The Balaban J connectivity index is 0.000000153. The summed E-state index contributed by atoms with van der Waals surface area (Å²) in [5.41, 5.74) is 6.55. The molecule has 4 heteroatoms. The Bertz CT molecular complexity index is 2510. The monoisotopic (exact) mass is 709 g/mol. The largest absolute Gasteiger partial charge is 0.385 e. The lowest BCUT2D eigenvalue weighted by atomic mass is 9.76. The van der Waals surface area contributed by atoms with Crippen LogP contribution < -0.4 is 0 Å². The Labute approximate surface area is 319 Å². The molecule has 4 nitrogen and oxygen atoms in total. The van der Waals surface area contributed by atoms with Crippen molar-refractivity contribution in [3.05, 3.63) is 150 Å². The molecule has 0 bridgehead atoms. The van der Waals surface area contributed by atoms with Crippen LogP contribution >= 0.6 is 0 Å². The molecule has 0 unspecified atom stereocenters. The lowest BCUT2D eigenvalue weighted by Gasteiger charge is -2.34. The van der Waals surface area contributed by atoms with E-state index < -0.39 is 5.60 Å². The van der Waals surface area contributed by atoms with Gasteiger partial charge in [-0.2, -0.15) is 0 Å². The van der Waals surface area contributed by atoms with Gasteiger partial charge in [-0.3, -0.25) is 4.57 Å². The summed E-state index contributed by atoms with van der Waals surface area (Å²) in [5, 5.41) is 28.3. The van der Waals surface area contributed by atoms with Crippen molar-refractivity contribution in [3.8, 4) is 28.5 Å². The molecule has 0 radical (unpaired) electrons. The fraction of sp³-hybridized carbons (Fsp3) is 0.280. The molecular formula is C50H51N3O. The maximum atomic E-state index is 11.4. The Kier molecular flexibility index (Phi) is 9.14. The number of benzene rings is 7. The molecule has 1 fully saturated rings. The van der Waals surface area contributed by atoms with Crippen LogP contribution in [-0.4, -0.2) is 19.9 Å². The van der Waals surface area contributed by atoms with Gasteiger partial charge in [0, 0.05) is 16.8 Å². The van der Waals surface area contributed by atoms with Crippen LogP contribution in [0.15, 0.2) is 133 Å². The minimum Gasteiger partial charge on any atom is -0.385 e. The van der Waals surface area contributed by atoms with Crippen LogP contribution in [0.1, 0.15) is 90.3 Å². The lowest BCUT2D eigenvalue weighted by molar-refractivity contribution is 0.000781. The molecule has 0 spiro atoms. The minimum absolute atomic E-state index is 0.126. The Morgan fingerprint density at radius 1 is 0.519 bits per heavy atom. The first-order valence-corrected chi connectivity index (χ1v) is 19.5. The van der Waals surface area contributed by atoms with Crippen LogP contribution in [0.3, 0.4) is 0 Å². The van der Waals surface area contributed by atoms with E-state index in [1.54, 1.807) is 0 Å². The molecule has 1 heterocycles. The predicted octanol–water partition coefficient (Wildman–Crippen LogP) is 12.9. The van der Waals surface area contributed by atoms with Crippen LogP contribution in [0.2, 0.25) is 0 Å². The topological polar surface area (TPSA) is 50.9 Å². The molecule has 0 aliphatic heterocycles. The first-order valence-electron chi connectivity index (χ1n) is 19.5.